The highest BCUT2D eigenvalue weighted by atomic mass is 32.1. The molecule has 1 aromatic rings. The second kappa shape index (κ2) is 7.14. The SMILES string of the molecule is CCN(CC)C(=O)C(C)NCc1ccc(C#N)s1. The van der Waals surface area contributed by atoms with Crippen LogP contribution in [0.1, 0.15) is 30.5 Å². The molecule has 1 rings (SSSR count). The van der Waals surface area contributed by atoms with Crippen LogP contribution in [-0.2, 0) is 11.3 Å². The van der Waals surface area contributed by atoms with Crippen LogP contribution < -0.4 is 5.32 Å². The number of nitriles is 1. The Hall–Kier alpha value is -1.38. The highest BCUT2D eigenvalue weighted by molar-refractivity contribution is 7.12. The Labute approximate surface area is 112 Å². The first kappa shape index (κ1) is 14.7. The fourth-order valence-electron chi connectivity index (χ4n) is 1.68. The van der Waals surface area contributed by atoms with Gasteiger partial charge in [-0.2, -0.15) is 5.26 Å². The fraction of sp³-hybridized carbons (Fsp3) is 0.538. The average Bonchev–Trinajstić information content (AvgIpc) is 2.85. The second-order valence-electron chi connectivity index (χ2n) is 3.99. The molecule has 1 N–H and O–H groups in total. The molecule has 1 heterocycles. The topological polar surface area (TPSA) is 56.1 Å². The van der Waals surface area contributed by atoms with Gasteiger partial charge in [-0.1, -0.05) is 0 Å². The molecule has 5 heteroatoms. The van der Waals surface area contributed by atoms with Gasteiger partial charge in [-0.05, 0) is 32.9 Å². The number of carbonyl (C=O) groups excluding carboxylic acids is 1. The van der Waals surface area contributed by atoms with Crippen molar-refractivity contribution < 1.29 is 4.79 Å². The van der Waals surface area contributed by atoms with Gasteiger partial charge in [0.05, 0.1) is 6.04 Å². The number of nitrogens with one attached hydrogen (secondary N) is 1. The zero-order valence-electron chi connectivity index (χ0n) is 11.1. The van der Waals surface area contributed by atoms with E-state index in [0.717, 1.165) is 18.0 Å². The standard InChI is InChI=1S/C13H19N3OS/c1-4-16(5-2)13(17)10(3)15-9-12-7-6-11(8-14)18-12/h6-7,10,15H,4-5,9H2,1-3H3. The first-order valence-corrected chi connectivity index (χ1v) is 6.95. The van der Waals surface area contributed by atoms with E-state index in [1.807, 2.05) is 31.7 Å². The second-order valence-corrected chi connectivity index (χ2v) is 5.16. The van der Waals surface area contributed by atoms with Crippen molar-refractivity contribution in [3.63, 3.8) is 0 Å². The number of carbonyl (C=O) groups is 1. The molecule has 1 aromatic heterocycles. The Balaban J connectivity index is 2.48. The highest BCUT2D eigenvalue weighted by Crippen LogP contribution is 2.15. The lowest BCUT2D eigenvalue weighted by Gasteiger charge is -2.23. The summed E-state index contributed by atoms with van der Waals surface area (Å²) in [4.78, 5) is 15.6. The molecular formula is C13H19N3OS. The number of amides is 1. The minimum Gasteiger partial charge on any atom is -0.342 e. The van der Waals surface area contributed by atoms with Crippen molar-refractivity contribution in [1.82, 2.24) is 10.2 Å². The summed E-state index contributed by atoms with van der Waals surface area (Å²) in [5, 5.41) is 11.9. The molecule has 0 spiro atoms. The van der Waals surface area contributed by atoms with Crippen molar-refractivity contribution in [3.05, 3.63) is 21.9 Å². The Bertz CT molecular complexity index is 432. The van der Waals surface area contributed by atoms with Crippen LogP contribution in [0.25, 0.3) is 0 Å². The summed E-state index contributed by atoms with van der Waals surface area (Å²) in [5.41, 5.74) is 0. The van der Waals surface area contributed by atoms with E-state index < -0.39 is 0 Å². The Kier molecular flexibility index (Phi) is 5.83. The summed E-state index contributed by atoms with van der Waals surface area (Å²) in [6.45, 7) is 7.93. The van der Waals surface area contributed by atoms with Gasteiger partial charge in [0.1, 0.15) is 10.9 Å². The molecular weight excluding hydrogens is 246 g/mol. The molecule has 0 saturated carbocycles. The van der Waals surface area contributed by atoms with Crippen molar-refractivity contribution in [2.24, 2.45) is 0 Å². The highest BCUT2D eigenvalue weighted by Gasteiger charge is 2.17. The van der Waals surface area contributed by atoms with E-state index in [0.29, 0.717) is 11.4 Å². The van der Waals surface area contributed by atoms with Crippen LogP contribution in [0.2, 0.25) is 0 Å². The van der Waals surface area contributed by atoms with E-state index in [-0.39, 0.29) is 11.9 Å². The van der Waals surface area contributed by atoms with Crippen molar-refractivity contribution in [2.45, 2.75) is 33.4 Å². The molecule has 1 unspecified atom stereocenters. The lowest BCUT2D eigenvalue weighted by Crippen LogP contribution is -2.44. The number of nitrogens with zero attached hydrogens (tertiary/aromatic N) is 2. The van der Waals surface area contributed by atoms with Gasteiger partial charge in [0.15, 0.2) is 0 Å². The van der Waals surface area contributed by atoms with Gasteiger partial charge in [-0.15, -0.1) is 11.3 Å². The number of likely N-dealkylation sites (N-methyl/N-ethyl adjacent to an activating group) is 1. The lowest BCUT2D eigenvalue weighted by atomic mass is 10.2. The predicted molar refractivity (Wildman–Crippen MR) is 73.3 cm³/mol. The van der Waals surface area contributed by atoms with Crippen molar-refractivity contribution in [3.8, 4) is 6.07 Å². The molecule has 1 amide bonds. The van der Waals surface area contributed by atoms with Crippen LogP contribution >= 0.6 is 11.3 Å². The van der Waals surface area contributed by atoms with E-state index in [2.05, 4.69) is 11.4 Å². The van der Waals surface area contributed by atoms with Crippen LogP contribution in [0.5, 0.6) is 0 Å². The van der Waals surface area contributed by atoms with Crippen LogP contribution in [-0.4, -0.2) is 29.9 Å². The lowest BCUT2D eigenvalue weighted by molar-refractivity contribution is -0.132. The quantitative estimate of drug-likeness (QED) is 0.855. The summed E-state index contributed by atoms with van der Waals surface area (Å²) < 4.78 is 0. The molecule has 4 nitrogen and oxygen atoms in total. The van der Waals surface area contributed by atoms with Gasteiger partial charge in [-0.3, -0.25) is 4.79 Å². The summed E-state index contributed by atoms with van der Waals surface area (Å²) in [6, 6.07) is 5.64. The Morgan fingerprint density at radius 2 is 2.17 bits per heavy atom. The monoisotopic (exact) mass is 265 g/mol. The van der Waals surface area contributed by atoms with E-state index >= 15 is 0 Å². The summed E-state index contributed by atoms with van der Waals surface area (Å²) in [6.07, 6.45) is 0. The van der Waals surface area contributed by atoms with Gasteiger partial charge in [0, 0.05) is 24.5 Å². The third kappa shape index (κ3) is 3.83. The molecule has 0 aliphatic rings. The number of hydrogen-bond acceptors (Lipinski definition) is 4. The third-order valence-corrected chi connectivity index (χ3v) is 3.79. The van der Waals surface area contributed by atoms with Crippen molar-refractivity contribution >= 4 is 17.2 Å². The van der Waals surface area contributed by atoms with Gasteiger partial charge in [-0.25, -0.2) is 0 Å². The van der Waals surface area contributed by atoms with Crippen LogP contribution in [0, 0.1) is 11.3 Å². The molecule has 1 atom stereocenters. The number of thiophene rings is 1. The van der Waals surface area contributed by atoms with Gasteiger partial charge in [0.25, 0.3) is 0 Å². The Morgan fingerprint density at radius 1 is 1.50 bits per heavy atom. The summed E-state index contributed by atoms with van der Waals surface area (Å²) in [5.74, 6) is 0.122. The van der Waals surface area contributed by atoms with Crippen molar-refractivity contribution in [2.75, 3.05) is 13.1 Å². The van der Waals surface area contributed by atoms with Gasteiger partial charge in [0.2, 0.25) is 5.91 Å². The molecule has 0 aromatic carbocycles. The largest absolute Gasteiger partial charge is 0.342 e. The molecule has 0 radical (unpaired) electrons. The predicted octanol–water partition coefficient (Wildman–Crippen LogP) is 1.97. The molecule has 0 saturated heterocycles. The van der Waals surface area contributed by atoms with E-state index in [9.17, 15) is 4.79 Å². The smallest absolute Gasteiger partial charge is 0.239 e. The normalized spacial score (nSPS) is 11.9. The van der Waals surface area contributed by atoms with Crippen LogP contribution in [0.4, 0.5) is 0 Å². The first-order chi connectivity index (χ1) is 8.62. The zero-order valence-corrected chi connectivity index (χ0v) is 11.9. The van der Waals surface area contributed by atoms with Crippen LogP contribution in [0.3, 0.4) is 0 Å². The Morgan fingerprint density at radius 3 is 2.67 bits per heavy atom. The summed E-state index contributed by atoms with van der Waals surface area (Å²) in [7, 11) is 0. The van der Waals surface area contributed by atoms with Gasteiger partial charge >= 0.3 is 0 Å². The molecule has 0 aliphatic carbocycles. The maximum absolute atomic E-state index is 12.0. The molecule has 0 fully saturated rings. The minimum absolute atomic E-state index is 0.122. The maximum Gasteiger partial charge on any atom is 0.239 e. The fourth-order valence-corrected chi connectivity index (χ4v) is 2.44. The number of hydrogen-bond donors (Lipinski definition) is 1. The van der Waals surface area contributed by atoms with Crippen LogP contribution in [0.15, 0.2) is 12.1 Å². The van der Waals surface area contributed by atoms with E-state index in [1.165, 1.54) is 11.3 Å². The molecule has 18 heavy (non-hydrogen) atoms. The average molecular weight is 265 g/mol. The molecule has 98 valence electrons. The minimum atomic E-state index is -0.197. The van der Waals surface area contributed by atoms with Gasteiger partial charge < -0.3 is 10.2 Å². The van der Waals surface area contributed by atoms with Crippen molar-refractivity contribution in [1.29, 1.82) is 5.26 Å². The van der Waals surface area contributed by atoms with E-state index in [4.69, 9.17) is 5.26 Å². The molecule has 0 aliphatic heterocycles. The summed E-state index contributed by atoms with van der Waals surface area (Å²) >= 11 is 1.46. The maximum atomic E-state index is 12.0. The molecule has 0 bridgehead atoms. The van der Waals surface area contributed by atoms with E-state index in [1.54, 1.807) is 6.07 Å². The first-order valence-electron chi connectivity index (χ1n) is 6.13. The number of rotatable bonds is 6. The zero-order chi connectivity index (χ0) is 13.5. The third-order valence-electron chi connectivity index (χ3n) is 2.80.